The van der Waals surface area contributed by atoms with Gasteiger partial charge < -0.3 is 15.4 Å². The molecule has 2 amide bonds. The van der Waals surface area contributed by atoms with Crippen molar-refractivity contribution in [3.05, 3.63) is 95.8 Å². The number of para-hydroxylation sites is 1. The second-order valence-corrected chi connectivity index (χ2v) is 6.99. The third-order valence-electron chi connectivity index (χ3n) is 4.73. The fourth-order valence-electron chi connectivity index (χ4n) is 3.06. The van der Waals surface area contributed by atoms with Gasteiger partial charge in [-0.25, -0.2) is 4.39 Å². The summed E-state index contributed by atoms with van der Waals surface area (Å²) in [4.78, 5) is 25.4. The highest BCUT2D eigenvalue weighted by atomic mass is 19.1. The summed E-state index contributed by atoms with van der Waals surface area (Å²) < 4.78 is 18.8. The minimum absolute atomic E-state index is 0.265. The van der Waals surface area contributed by atoms with E-state index in [1.807, 2.05) is 37.3 Å². The van der Waals surface area contributed by atoms with Crippen molar-refractivity contribution >= 4 is 17.5 Å². The first kappa shape index (κ1) is 22.0. The highest BCUT2D eigenvalue weighted by molar-refractivity contribution is 6.04. The highest BCUT2D eigenvalue weighted by Crippen LogP contribution is 2.18. The number of carbonyl (C=O) groups is 2. The maximum Gasteiger partial charge on any atom is 0.265 e. The van der Waals surface area contributed by atoms with Crippen LogP contribution in [0, 0.1) is 5.82 Å². The van der Waals surface area contributed by atoms with E-state index in [1.54, 1.807) is 24.3 Å². The molecule has 1 atom stereocenters. The summed E-state index contributed by atoms with van der Waals surface area (Å²) >= 11 is 0. The van der Waals surface area contributed by atoms with Crippen LogP contribution in [-0.4, -0.2) is 24.5 Å². The molecule has 6 heteroatoms. The number of hydrogen-bond acceptors (Lipinski definition) is 3. The Hall–Kier alpha value is -3.67. The lowest BCUT2D eigenvalue weighted by molar-refractivity contribution is -0.122. The number of rotatable bonds is 9. The van der Waals surface area contributed by atoms with Gasteiger partial charge in [-0.3, -0.25) is 9.59 Å². The minimum atomic E-state index is -0.778. The SMILES string of the molecule is CCC(Oc1ccc(F)cc1)C(=O)Nc1ccccc1C(=O)NCCc1ccccc1. The van der Waals surface area contributed by atoms with Gasteiger partial charge in [0.1, 0.15) is 11.6 Å². The molecule has 0 bridgehead atoms. The Labute approximate surface area is 181 Å². The molecule has 3 rings (SSSR count). The standard InChI is InChI=1S/C25H25FN2O3/c1-2-23(31-20-14-12-19(26)13-15-20)25(30)28-22-11-7-6-10-21(22)24(29)27-17-16-18-8-4-3-5-9-18/h3-15,23H,2,16-17H2,1H3,(H,27,29)(H,28,30). The molecular weight excluding hydrogens is 395 g/mol. The van der Waals surface area contributed by atoms with Crippen molar-refractivity contribution in [3.8, 4) is 5.75 Å². The molecule has 2 N–H and O–H groups in total. The van der Waals surface area contributed by atoms with Gasteiger partial charge in [-0.1, -0.05) is 49.4 Å². The molecule has 3 aromatic rings. The molecule has 0 aliphatic rings. The Kier molecular flexibility index (Phi) is 7.76. The Morgan fingerprint density at radius 3 is 2.32 bits per heavy atom. The van der Waals surface area contributed by atoms with E-state index >= 15 is 0 Å². The summed E-state index contributed by atoms with van der Waals surface area (Å²) in [6, 6.07) is 22.2. The lowest BCUT2D eigenvalue weighted by Crippen LogP contribution is -2.33. The van der Waals surface area contributed by atoms with Crippen LogP contribution in [0.4, 0.5) is 10.1 Å². The Morgan fingerprint density at radius 1 is 0.935 bits per heavy atom. The van der Waals surface area contributed by atoms with Gasteiger partial charge in [-0.05, 0) is 54.8 Å². The van der Waals surface area contributed by atoms with Crippen LogP contribution in [0.3, 0.4) is 0 Å². The van der Waals surface area contributed by atoms with Gasteiger partial charge in [-0.15, -0.1) is 0 Å². The molecule has 0 fully saturated rings. The maximum atomic E-state index is 13.1. The summed E-state index contributed by atoms with van der Waals surface area (Å²) in [5, 5.41) is 5.68. The maximum absolute atomic E-state index is 13.1. The van der Waals surface area contributed by atoms with E-state index in [-0.39, 0.29) is 17.6 Å². The number of nitrogens with one attached hydrogen (secondary N) is 2. The molecule has 0 aromatic heterocycles. The highest BCUT2D eigenvalue weighted by Gasteiger charge is 2.21. The zero-order valence-electron chi connectivity index (χ0n) is 17.3. The average Bonchev–Trinajstić information content (AvgIpc) is 2.79. The molecule has 3 aromatic carbocycles. The second-order valence-electron chi connectivity index (χ2n) is 6.99. The van der Waals surface area contributed by atoms with E-state index in [4.69, 9.17) is 4.74 Å². The van der Waals surface area contributed by atoms with Crippen molar-refractivity contribution in [2.45, 2.75) is 25.9 Å². The van der Waals surface area contributed by atoms with Crippen molar-refractivity contribution in [2.24, 2.45) is 0 Å². The Balaban J connectivity index is 1.62. The monoisotopic (exact) mass is 420 g/mol. The number of amides is 2. The van der Waals surface area contributed by atoms with E-state index in [2.05, 4.69) is 10.6 Å². The molecule has 0 saturated heterocycles. The normalized spacial score (nSPS) is 11.4. The minimum Gasteiger partial charge on any atom is -0.481 e. The molecule has 0 saturated carbocycles. The number of benzene rings is 3. The number of halogens is 1. The Morgan fingerprint density at radius 2 is 1.61 bits per heavy atom. The van der Waals surface area contributed by atoms with Gasteiger partial charge in [-0.2, -0.15) is 0 Å². The van der Waals surface area contributed by atoms with E-state index < -0.39 is 6.10 Å². The van der Waals surface area contributed by atoms with E-state index in [0.717, 1.165) is 5.56 Å². The van der Waals surface area contributed by atoms with Crippen LogP contribution >= 0.6 is 0 Å². The van der Waals surface area contributed by atoms with Crippen LogP contribution in [0.5, 0.6) is 5.75 Å². The van der Waals surface area contributed by atoms with Gasteiger partial charge in [0.15, 0.2) is 6.10 Å². The van der Waals surface area contributed by atoms with Gasteiger partial charge in [0.2, 0.25) is 0 Å². The first-order valence-corrected chi connectivity index (χ1v) is 10.2. The fraction of sp³-hybridized carbons (Fsp3) is 0.200. The van der Waals surface area contributed by atoms with Gasteiger partial charge >= 0.3 is 0 Å². The largest absolute Gasteiger partial charge is 0.481 e. The summed E-state index contributed by atoms with van der Waals surface area (Å²) in [5.74, 6) is -0.622. The molecule has 0 radical (unpaired) electrons. The first-order valence-electron chi connectivity index (χ1n) is 10.2. The quantitative estimate of drug-likeness (QED) is 0.532. The molecule has 0 aliphatic carbocycles. The molecule has 5 nitrogen and oxygen atoms in total. The van der Waals surface area contributed by atoms with Crippen molar-refractivity contribution in [2.75, 3.05) is 11.9 Å². The van der Waals surface area contributed by atoms with Crippen molar-refractivity contribution in [3.63, 3.8) is 0 Å². The molecule has 160 valence electrons. The van der Waals surface area contributed by atoms with Gasteiger partial charge in [0.05, 0.1) is 11.3 Å². The summed E-state index contributed by atoms with van der Waals surface area (Å²) in [5.41, 5.74) is 1.92. The van der Waals surface area contributed by atoms with Gasteiger partial charge in [0, 0.05) is 6.54 Å². The van der Waals surface area contributed by atoms with Crippen LogP contribution in [0.1, 0.15) is 29.3 Å². The van der Waals surface area contributed by atoms with E-state index in [9.17, 15) is 14.0 Å². The molecule has 0 aliphatic heterocycles. The van der Waals surface area contributed by atoms with Crippen molar-refractivity contribution in [1.29, 1.82) is 0 Å². The topological polar surface area (TPSA) is 67.4 Å². The van der Waals surface area contributed by atoms with Crippen molar-refractivity contribution < 1.29 is 18.7 Å². The second kappa shape index (κ2) is 10.9. The van der Waals surface area contributed by atoms with E-state index in [1.165, 1.54) is 24.3 Å². The third kappa shape index (κ3) is 6.40. The average molecular weight is 420 g/mol. The zero-order valence-corrected chi connectivity index (χ0v) is 17.3. The van der Waals surface area contributed by atoms with E-state index in [0.29, 0.717) is 36.4 Å². The first-order chi connectivity index (χ1) is 15.1. The smallest absolute Gasteiger partial charge is 0.265 e. The van der Waals surface area contributed by atoms with Crippen LogP contribution in [0.15, 0.2) is 78.9 Å². The number of ether oxygens (including phenoxy) is 1. The number of anilines is 1. The molecule has 31 heavy (non-hydrogen) atoms. The molecular formula is C25H25FN2O3. The molecule has 1 unspecified atom stereocenters. The van der Waals surface area contributed by atoms with Crippen LogP contribution in [0.25, 0.3) is 0 Å². The third-order valence-corrected chi connectivity index (χ3v) is 4.73. The van der Waals surface area contributed by atoms with Gasteiger partial charge in [0.25, 0.3) is 11.8 Å². The molecule has 0 spiro atoms. The van der Waals surface area contributed by atoms with Crippen LogP contribution in [0.2, 0.25) is 0 Å². The number of hydrogen-bond donors (Lipinski definition) is 2. The summed E-state index contributed by atoms with van der Waals surface area (Å²) in [6.45, 7) is 2.30. The van der Waals surface area contributed by atoms with Crippen LogP contribution < -0.4 is 15.4 Å². The molecule has 0 heterocycles. The number of carbonyl (C=O) groups excluding carboxylic acids is 2. The summed E-state index contributed by atoms with van der Waals surface area (Å²) in [6.07, 6.45) is 0.346. The fourth-order valence-corrected chi connectivity index (χ4v) is 3.06. The predicted octanol–water partition coefficient (Wildman–Crippen LogP) is 4.59. The van der Waals surface area contributed by atoms with Crippen LogP contribution in [-0.2, 0) is 11.2 Å². The Bertz CT molecular complexity index is 1010. The lowest BCUT2D eigenvalue weighted by atomic mass is 10.1. The zero-order chi connectivity index (χ0) is 22.1. The lowest BCUT2D eigenvalue weighted by Gasteiger charge is -2.18. The predicted molar refractivity (Wildman–Crippen MR) is 119 cm³/mol. The van der Waals surface area contributed by atoms with Crippen molar-refractivity contribution in [1.82, 2.24) is 5.32 Å². The summed E-state index contributed by atoms with van der Waals surface area (Å²) in [7, 11) is 0.